The van der Waals surface area contributed by atoms with Crippen molar-refractivity contribution < 1.29 is 0 Å². The first-order chi connectivity index (χ1) is 15.2. The van der Waals surface area contributed by atoms with Crippen molar-refractivity contribution in [2.24, 2.45) is 0 Å². The fourth-order valence-corrected chi connectivity index (χ4v) is 4.58. The predicted octanol–water partition coefficient (Wildman–Crippen LogP) is 7.04. The molecule has 0 N–H and O–H groups in total. The van der Waals surface area contributed by atoms with Crippen LogP contribution < -0.4 is 0 Å². The van der Waals surface area contributed by atoms with Crippen molar-refractivity contribution in [3.05, 3.63) is 102 Å². The highest BCUT2D eigenvalue weighted by atomic mass is 32.1. The Morgan fingerprint density at radius 2 is 1.23 bits per heavy atom. The van der Waals surface area contributed by atoms with Crippen LogP contribution in [0.4, 0.5) is 0 Å². The maximum absolute atomic E-state index is 9.58. The fourth-order valence-electron chi connectivity index (χ4n) is 3.59. The summed E-state index contributed by atoms with van der Waals surface area (Å²) in [5, 5.41) is 19.6. The SMILES string of the molecule is N#Cc1cc(-c2ccc(-c3ccccc3)cc2)cc(-c2nc3ccc(C#N)cc3s2)c1. The van der Waals surface area contributed by atoms with Crippen LogP contribution in [0.2, 0.25) is 0 Å². The molecule has 0 spiro atoms. The molecule has 5 rings (SSSR count). The van der Waals surface area contributed by atoms with Crippen molar-refractivity contribution >= 4 is 21.6 Å². The summed E-state index contributed by atoms with van der Waals surface area (Å²) < 4.78 is 0.963. The second kappa shape index (κ2) is 7.88. The van der Waals surface area contributed by atoms with E-state index in [-0.39, 0.29) is 0 Å². The number of hydrogen-bond donors (Lipinski definition) is 0. The summed E-state index contributed by atoms with van der Waals surface area (Å²) in [5.74, 6) is 0. The zero-order valence-corrected chi connectivity index (χ0v) is 17.2. The molecule has 4 heteroatoms. The Hall–Kier alpha value is -4.25. The monoisotopic (exact) mass is 413 g/mol. The summed E-state index contributed by atoms with van der Waals surface area (Å²) in [6, 6.07) is 34.4. The van der Waals surface area contributed by atoms with E-state index in [4.69, 9.17) is 10.2 Å². The van der Waals surface area contributed by atoms with Gasteiger partial charge in [0.15, 0.2) is 0 Å². The lowest BCUT2D eigenvalue weighted by molar-refractivity contribution is 1.44. The summed E-state index contributed by atoms with van der Waals surface area (Å²) in [4.78, 5) is 4.72. The van der Waals surface area contributed by atoms with E-state index in [1.165, 1.54) is 16.9 Å². The molecule has 4 aromatic carbocycles. The van der Waals surface area contributed by atoms with Gasteiger partial charge in [-0.2, -0.15) is 10.5 Å². The van der Waals surface area contributed by atoms with Crippen LogP contribution in [-0.2, 0) is 0 Å². The van der Waals surface area contributed by atoms with Crippen molar-refractivity contribution in [3.8, 4) is 45.0 Å². The minimum Gasteiger partial charge on any atom is -0.236 e. The van der Waals surface area contributed by atoms with Gasteiger partial charge in [-0.3, -0.25) is 0 Å². The topological polar surface area (TPSA) is 60.5 Å². The Bertz CT molecular complexity index is 1480. The zero-order chi connectivity index (χ0) is 21.2. The number of hydrogen-bond acceptors (Lipinski definition) is 4. The summed E-state index contributed by atoms with van der Waals surface area (Å²) >= 11 is 1.53. The molecule has 0 atom stereocenters. The Labute approximate surface area is 184 Å². The number of aromatic nitrogens is 1. The van der Waals surface area contributed by atoms with Crippen molar-refractivity contribution in [3.63, 3.8) is 0 Å². The van der Waals surface area contributed by atoms with Crippen molar-refractivity contribution in [2.45, 2.75) is 0 Å². The van der Waals surface area contributed by atoms with Crippen molar-refractivity contribution in [1.82, 2.24) is 4.98 Å². The van der Waals surface area contributed by atoms with E-state index in [0.717, 1.165) is 37.5 Å². The van der Waals surface area contributed by atoms with E-state index in [0.29, 0.717) is 11.1 Å². The Morgan fingerprint density at radius 1 is 0.581 bits per heavy atom. The second-order valence-electron chi connectivity index (χ2n) is 7.17. The first-order valence-electron chi connectivity index (χ1n) is 9.75. The summed E-state index contributed by atoms with van der Waals surface area (Å²) in [5.41, 5.74) is 7.32. The smallest absolute Gasteiger partial charge is 0.124 e. The number of benzene rings is 4. The lowest BCUT2D eigenvalue weighted by Crippen LogP contribution is -1.85. The van der Waals surface area contributed by atoms with E-state index in [1.54, 1.807) is 6.07 Å². The third-order valence-corrected chi connectivity index (χ3v) is 6.22. The number of rotatable bonds is 3. The van der Waals surface area contributed by atoms with Crippen LogP contribution in [0.3, 0.4) is 0 Å². The van der Waals surface area contributed by atoms with Crippen molar-refractivity contribution in [2.75, 3.05) is 0 Å². The molecule has 0 aliphatic carbocycles. The molecule has 1 aromatic heterocycles. The first kappa shape index (κ1) is 18.8. The van der Waals surface area contributed by atoms with Crippen LogP contribution in [0.25, 0.3) is 43.0 Å². The van der Waals surface area contributed by atoms with E-state index in [1.807, 2.05) is 42.5 Å². The van der Waals surface area contributed by atoms with Crippen LogP contribution in [0.1, 0.15) is 11.1 Å². The molecule has 5 aromatic rings. The number of nitrogens with zero attached hydrogens (tertiary/aromatic N) is 3. The molecule has 0 aliphatic rings. The highest BCUT2D eigenvalue weighted by Crippen LogP contribution is 2.34. The van der Waals surface area contributed by atoms with Gasteiger partial charge in [-0.1, -0.05) is 54.6 Å². The van der Waals surface area contributed by atoms with Gasteiger partial charge in [0.05, 0.1) is 33.5 Å². The quantitative estimate of drug-likeness (QED) is 0.319. The molecule has 0 bridgehead atoms. The lowest BCUT2D eigenvalue weighted by atomic mass is 9.97. The van der Waals surface area contributed by atoms with Crippen LogP contribution in [0.15, 0.2) is 91.0 Å². The van der Waals surface area contributed by atoms with Gasteiger partial charge in [0, 0.05) is 5.56 Å². The third-order valence-electron chi connectivity index (χ3n) is 5.15. The molecule has 0 unspecified atom stereocenters. The zero-order valence-electron chi connectivity index (χ0n) is 16.4. The molecule has 0 saturated heterocycles. The van der Waals surface area contributed by atoms with Crippen LogP contribution in [0.5, 0.6) is 0 Å². The lowest BCUT2D eigenvalue weighted by Gasteiger charge is -2.07. The molecular weight excluding hydrogens is 398 g/mol. The van der Waals surface area contributed by atoms with Crippen molar-refractivity contribution in [1.29, 1.82) is 10.5 Å². The Morgan fingerprint density at radius 3 is 1.94 bits per heavy atom. The van der Waals surface area contributed by atoms with E-state index in [9.17, 15) is 5.26 Å². The summed E-state index contributed by atoms with van der Waals surface area (Å²) in [6.07, 6.45) is 0. The number of nitriles is 2. The fraction of sp³-hybridized carbons (Fsp3) is 0. The molecule has 0 radical (unpaired) electrons. The summed E-state index contributed by atoms with van der Waals surface area (Å²) in [7, 11) is 0. The van der Waals surface area contributed by atoms with Gasteiger partial charge in [-0.05, 0) is 58.7 Å². The van der Waals surface area contributed by atoms with Crippen LogP contribution >= 0.6 is 11.3 Å². The number of fused-ring (bicyclic) bond motifs is 1. The summed E-state index contributed by atoms with van der Waals surface area (Å²) in [6.45, 7) is 0. The van der Waals surface area contributed by atoms with Gasteiger partial charge in [0.1, 0.15) is 5.01 Å². The normalized spacial score (nSPS) is 10.5. The van der Waals surface area contributed by atoms with E-state index >= 15 is 0 Å². The van der Waals surface area contributed by atoms with Gasteiger partial charge in [-0.15, -0.1) is 11.3 Å². The van der Waals surface area contributed by atoms with Gasteiger partial charge >= 0.3 is 0 Å². The molecule has 31 heavy (non-hydrogen) atoms. The predicted molar refractivity (Wildman–Crippen MR) is 125 cm³/mol. The second-order valence-corrected chi connectivity index (χ2v) is 8.20. The number of thiazole rings is 1. The average Bonchev–Trinajstić information content (AvgIpc) is 3.28. The van der Waals surface area contributed by atoms with Crippen LogP contribution in [0, 0.1) is 22.7 Å². The molecule has 3 nitrogen and oxygen atoms in total. The first-order valence-corrected chi connectivity index (χ1v) is 10.6. The highest BCUT2D eigenvalue weighted by molar-refractivity contribution is 7.21. The minimum absolute atomic E-state index is 0.594. The van der Waals surface area contributed by atoms with E-state index < -0.39 is 0 Å². The Kier molecular flexibility index (Phi) is 4.77. The maximum atomic E-state index is 9.58. The molecule has 1 heterocycles. The average molecular weight is 414 g/mol. The van der Waals surface area contributed by atoms with Crippen LogP contribution in [-0.4, -0.2) is 4.98 Å². The molecule has 0 aliphatic heterocycles. The highest BCUT2D eigenvalue weighted by Gasteiger charge is 2.11. The third kappa shape index (κ3) is 3.69. The minimum atomic E-state index is 0.594. The molecule has 0 saturated carbocycles. The largest absolute Gasteiger partial charge is 0.236 e. The van der Waals surface area contributed by atoms with E-state index in [2.05, 4.69) is 54.6 Å². The van der Waals surface area contributed by atoms with Gasteiger partial charge in [0.2, 0.25) is 0 Å². The standard InChI is InChI=1S/C27H15N3S/c28-16-18-6-11-25-26(14-18)31-27(30-25)24-13-19(17-29)12-23(15-24)22-9-7-21(8-10-22)20-4-2-1-3-5-20/h1-15H. The molecule has 0 fully saturated rings. The van der Waals surface area contributed by atoms with Gasteiger partial charge in [-0.25, -0.2) is 4.98 Å². The van der Waals surface area contributed by atoms with Gasteiger partial charge in [0.25, 0.3) is 0 Å². The molecular formula is C27H15N3S. The molecule has 0 amide bonds. The molecule has 144 valence electrons. The van der Waals surface area contributed by atoms with Gasteiger partial charge < -0.3 is 0 Å². The maximum Gasteiger partial charge on any atom is 0.124 e. The Balaban J connectivity index is 1.56.